The van der Waals surface area contributed by atoms with Crippen LogP contribution in [0, 0.1) is 0 Å². The molecule has 0 bridgehead atoms. The summed E-state index contributed by atoms with van der Waals surface area (Å²) in [5.74, 6) is 0. The molecule has 0 aromatic heterocycles. The van der Waals surface area contributed by atoms with Crippen molar-refractivity contribution in [3.8, 4) is 0 Å². The molecule has 0 N–H and O–H groups in total. The minimum Gasteiger partial charge on any atom is -0.281 e. The van der Waals surface area contributed by atoms with Gasteiger partial charge in [-0.25, -0.2) is 0 Å². The highest BCUT2D eigenvalue weighted by Gasteiger charge is 1.95. The summed E-state index contributed by atoms with van der Waals surface area (Å²) in [5, 5.41) is 0. The first-order chi connectivity index (χ1) is 7.30. The lowest BCUT2D eigenvalue weighted by Gasteiger charge is -1.87. The Balaban J connectivity index is 0.000000162. The molecule has 0 saturated carbocycles. The molecule has 0 fully saturated rings. The Morgan fingerprint density at radius 3 is 1.33 bits per heavy atom. The maximum atomic E-state index is 10.6. The summed E-state index contributed by atoms with van der Waals surface area (Å²) >= 11 is 2.84. The van der Waals surface area contributed by atoms with Gasteiger partial charge in [0.25, 0.3) is 0 Å². The number of carbonyl (C=O) groups excluding carboxylic acids is 1. The fourth-order valence-corrected chi connectivity index (χ4v) is 1.22. The largest absolute Gasteiger partial charge is 0.281 e. The van der Waals surface area contributed by atoms with Crippen molar-refractivity contribution in [1.29, 1.82) is 0 Å². The smallest absolute Gasteiger partial charge is 0.228 e. The molecule has 0 aliphatic carbocycles. The molecule has 0 radical (unpaired) electrons. The van der Waals surface area contributed by atoms with Crippen LogP contribution < -0.4 is 0 Å². The Bertz CT molecular complexity index is 357. The monoisotopic (exact) mass is 262 g/mol. The van der Waals surface area contributed by atoms with Gasteiger partial charge in [-0.3, -0.25) is 4.79 Å². The van der Waals surface area contributed by atoms with Gasteiger partial charge in [-0.1, -0.05) is 66.7 Å². The first-order valence-corrected chi connectivity index (χ1v) is 5.35. The third-order valence-corrected chi connectivity index (χ3v) is 2.13. The van der Waals surface area contributed by atoms with Gasteiger partial charge in [0.1, 0.15) is 0 Å². The molecule has 0 unspecified atom stereocenters. The van der Waals surface area contributed by atoms with E-state index in [4.69, 9.17) is 0 Å². The minimum atomic E-state index is -0.0666. The molecule has 2 aromatic carbocycles. The third-order valence-electron chi connectivity index (χ3n) is 1.67. The highest BCUT2D eigenvalue weighted by Crippen LogP contribution is 2.03. The van der Waals surface area contributed by atoms with Crippen LogP contribution in [0.15, 0.2) is 66.7 Å². The third kappa shape index (κ3) is 5.13. The Morgan fingerprint density at radius 2 is 1.07 bits per heavy atom. The van der Waals surface area contributed by atoms with E-state index in [2.05, 4.69) is 15.9 Å². The van der Waals surface area contributed by atoms with Crippen molar-refractivity contribution in [1.82, 2.24) is 0 Å². The molecule has 0 aliphatic rings. The van der Waals surface area contributed by atoms with E-state index in [0.717, 1.165) is 0 Å². The summed E-state index contributed by atoms with van der Waals surface area (Å²) in [6.07, 6.45) is 0. The first kappa shape index (κ1) is 11.7. The Hall–Kier alpha value is -1.41. The van der Waals surface area contributed by atoms with E-state index < -0.39 is 0 Å². The molecule has 1 nitrogen and oxygen atoms in total. The molecule has 2 heteroatoms. The van der Waals surface area contributed by atoms with Gasteiger partial charge >= 0.3 is 0 Å². The molecule has 0 aliphatic heterocycles. The second-order valence-electron chi connectivity index (χ2n) is 2.79. The van der Waals surface area contributed by atoms with Crippen molar-refractivity contribution in [2.24, 2.45) is 0 Å². The number of carbonyl (C=O) groups is 1. The number of hydrogen-bond donors (Lipinski definition) is 0. The Labute approximate surface area is 97.9 Å². The van der Waals surface area contributed by atoms with Crippen LogP contribution in [-0.4, -0.2) is 4.69 Å². The van der Waals surface area contributed by atoms with Gasteiger partial charge < -0.3 is 0 Å². The van der Waals surface area contributed by atoms with Gasteiger partial charge in [-0.05, 0) is 15.9 Å². The number of rotatable bonds is 1. The molecule has 2 rings (SSSR count). The zero-order chi connectivity index (χ0) is 10.9. The van der Waals surface area contributed by atoms with Crippen LogP contribution in [0.5, 0.6) is 0 Å². The van der Waals surface area contributed by atoms with Crippen LogP contribution in [0.1, 0.15) is 10.4 Å². The number of halogens is 1. The highest BCUT2D eigenvalue weighted by molar-refractivity contribution is 9.18. The van der Waals surface area contributed by atoms with Gasteiger partial charge in [0, 0.05) is 5.56 Å². The van der Waals surface area contributed by atoms with Crippen molar-refractivity contribution >= 4 is 20.6 Å². The summed E-state index contributed by atoms with van der Waals surface area (Å²) in [6.45, 7) is 0. The average molecular weight is 263 g/mol. The van der Waals surface area contributed by atoms with Crippen molar-refractivity contribution in [2.45, 2.75) is 0 Å². The van der Waals surface area contributed by atoms with Gasteiger partial charge in [0.05, 0.1) is 0 Å². The molecular formula is C13H11BrO. The minimum absolute atomic E-state index is 0.0666. The van der Waals surface area contributed by atoms with Gasteiger partial charge in [0.15, 0.2) is 0 Å². The van der Waals surface area contributed by atoms with Crippen LogP contribution in [-0.2, 0) is 0 Å². The van der Waals surface area contributed by atoms with E-state index in [1.54, 1.807) is 12.1 Å². The van der Waals surface area contributed by atoms with Crippen LogP contribution >= 0.6 is 15.9 Å². The average Bonchev–Trinajstić information content (AvgIpc) is 2.33. The molecule has 0 spiro atoms. The summed E-state index contributed by atoms with van der Waals surface area (Å²) in [6, 6.07) is 21.1. The van der Waals surface area contributed by atoms with Crippen LogP contribution in [0.2, 0.25) is 0 Å². The molecule has 0 atom stereocenters. The van der Waals surface area contributed by atoms with Crippen molar-refractivity contribution in [2.75, 3.05) is 0 Å². The maximum Gasteiger partial charge on any atom is 0.228 e. The van der Waals surface area contributed by atoms with Crippen LogP contribution in [0.4, 0.5) is 0 Å². The summed E-state index contributed by atoms with van der Waals surface area (Å²) < 4.78 is -0.0666. The lowest BCUT2D eigenvalue weighted by atomic mass is 10.2. The molecule has 2 aromatic rings. The number of hydrogen-bond acceptors (Lipinski definition) is 1. The van der Waals surface area contributed by atoms with Crippen molar-refractivity contribution in [3.05, 3.63) is 72.3 Å². The Morgan fingerprint density at radius 1 is 0.733 bits per heavy atom. The van der Waals surface area contributed by atoms with E-state index in [1.807, 2.05) is 54.6 Å². The quantitative estimate of drug-likeness (QED) is 0.713. The Kier molecular flexibility index (Phi) is 5.41. The first-order valence-electron chi connectivity index (χ1n) is 4.55. The molecule has 15 heavy (non-hydrogen) atoms. The predicted octanol–water partition coefficient (Wildman–Crippen LogP) is 3.91. The standard InChI is InChI=1S/C7H5BrO.C6H6/c8-7(9)6-4-2-1-3-5-6;1-2-4-6-5-3-1/h1-5H;1-6H. The zero-order valence-corrected chi connectivity index (χ0v) is 9.72. The van der Waals surface area contributed by atoms with Crippen molar-refractivity contribution in [3.63, 3.8) is 0 Å². The summed E-state index contributed by atoms with van der Waals surface area (Å²) in [5.41, 5.74) is 0.692. The summed E-state index contributed by atoms with van der Waals surface area (Å²) in [4.78, 5) is 10.6. The molecule has 0 amide bonds. The summed E-state index contributed by atoms with van der Waals surface area (Å²) in [7, 11) is 0. The molecular weight excluding hydrogens is 252 g/mol. The molecule has 76 valence electrons. The van der Waals surface area contributed by atoms with E-state index >= 15 is 0 Å². The molecule has 0 heterocycles. The van der Waals surface area contributed by atoms with E-state index in [9.17, 15) is 4.79 Å². The van der Waals surface area contributed by atoms with Gasteiger partial charge in [-0.15, -0.1) is 0 Å². The van der Waals surface area contributed by atoms with E-state index in [1.165, 1.54) is 0 Å². The zero-order valence-electron chi connectivity index (χ0n) is 8.14. The predicted molar refractivity (Wildman–Crippen MR) is 66.1 cm³/mol. The van der Waals surface area contributed by atoms with Crippen LogP contribution in [0.25, 0.3) is 0 Å². The topological polar surface area (TPSA) is 17.1 Å². The van der Waals surface area contributed by atoms with Crippen molar-refractivity contribution < 1.29 is 4.79 Å². The number of benzene rings is 2. The van der Waals surface area contributed by atoms with E-state index in [-0.39, 0.29) is 4.69 Å². The SMILES string of the molecule is O=C(Br)c1ccccc1.c1ccccc1. The maximum absolute atomic E-state index is 10.6. The lowest BCUT2D eigenvalue weighted by Crippen LogP contribution is -1.83. The second kappa shape index (κ2) is 6.96. The van der Waals surface area contributed by atoms with E-state index in [0.29, 0.717) is 5.56 Å². The fourth-order valence-electron chi connectivity index (χ4n) is 0.954. The van der Waals surface area contributed by atoms with Gasteiger partial charge in [0.2, 0.25) is 4.69 Å². The molecule has 0 saturated heterocycles. The second-order valence-corrected chi connectivity index (χ2v) is 3.51. The lowest BCUT2D eigenvalue weighted by molar-refractivity contribution is 0.109. The van der Waals surface area contributed by atoms with Crippen LogP contribution in [0.3, 0.4) is 0 Å². The highest BCUT2D eigenvalue weighted by atomic mass is 79.9. The van der Waals surface area contributed by atoms with Gasteiger partial charge in [-0.2, -0.15) is 0 Å². The normalized spacial score (nSPS) is 8.60. The fraction of sp³-hybridized carbons (Fsp3) is 0.